The fourth-order valence-electron chi connectivity index (χ4n) is 2.23. The van der Waals surface area contributed by atoms with Crippen LogP contribution >= 0.6 is 0 Å². The molecule has 1 aromatic carbocycles. The molecule has 1 aromatic rings. The smallest absolute Gasteiger partial charge is 0.247 e. The van der Waals surface area contributed by atoms with Gasteiger partial charge in [0.2, 0.25) is 11.8 Å². The molecule has 0 bridgehead atoms. The predicted molar refractivity (Wildman–Crippen MR) is 79.7 cm³/mol. The van der Waals surface area contributed by atoms with Gasteiger partial charge in [-0.1, -0.05) is 6.58 Å². The van der Waals surface area contributed by atoms with E-state index >= 15 is 0 Å². The first-order valence-corrected chi connectivity index (χ1v) is 6.64. The lowest BCUT2D eigenvalue weighted by Gasteiger charge is -2.35. The maximum absolute atomic E-state index is 11.3. The molecule has 5 heteroatoms. The van der Waals surface area contributed by atoms with E-state index in [1.807, 2.05) is 29.2 Å². The van der Waals surface area contributed by atoms with Crippen LogP contribution < -0.4 is 10.2 Å². The fraction of sp³-hybridized carbons (Fsp3) is 0.333. The predicted octanol–water partition coefficient (Wildman–Crippen LogP) is 1.48. The Morgan fingerprint density at radius 1 is 1.15 bits per heavy atom. The second-order valence-corrected chi connectivity index (χ2v) is 4.73. The highest BCUT2D eigenvalue weighted by atomic mass is 16.2. The standard InChI is InChI=1S/C15H19N3O2/c1-3-15(20)16-13-4-6-14(7-5-13)18-10-8-17(9-11-18)12(2)19/h3-7H,1,8-11H2,2H3,(H,16,20). The number of amides is 2. The van der Waals surface area contributed by atoms with Crippen LogP contribution in [0, 0.1) is 0 Å². The van der Waals surface area contributed by atoms with Crippen LogP contribution in [0.25, 0.3) is 0 Å². The van der Waals surface area contributed by atoms with Gasteiger partial charge in [0, 0.05) is 44.5 Å². The molecule has 1 fully saturated rings. The zero-order valence-corrected chi connectivity index (χ0v) is 11.6. The van der Waals surface area contributed by atoms with Crippen LogP contribution in [0.1, 0.15) is 6.92 Å². The highest BCUT2D eigenvalue weighted by molar-refractivity contribution is 5.98. The molecule has 1 N–H and O–H groups in total. The topological polar surface area (TPSA) is 52.7 Å². The Bertz CT molecular complexity index is 502. The van der Waals surface area contributed by atoms with Crippen LogP contribution in [0.15, 0.2) is 36.9 Å². The molecule has 106 valence electrons. The molecule has 0 unspecified atom stereocenters. The average molecular weight is 273 g/mol. The summed E-state index contributed by atoms with van der Waals surface area (Å²) in [7, 11) is 0. The van der Waals surface area contributed by atoms with Crippen molar-refractivity contribution < 1.29 is 9.59 Å². The van der Waals surface area contributed by atoms with Crippen molar-refractivity contribution >= 4 is 23.2 Å². The van der Waals surface area contributed by atoms with E-state index in [0.717, 1.165) is 37.6 Å². The summed E-state index contributed by atoms with van der Waals surface area (Å²) in [4.78, 5) is 26.6. The summed E-state index contributed by atoms with van der Waals surface area (Å²) in [6, 6.07) is 7.69. The van der Waals surface area contributed by atoms with E-state index in [9.17, 15) is 9.59 Å². The lowest BCUT2D eigenvalue weighted by molar-refractivity contribution is -0.129. The molecule has 1 aliphatic rings. The van der Waals surface area contributed by atoms with Crippen LogP contribution in [0.4, 0.5) is 11.4 Å². The van der Waals surface area contributed by atoms with Gasteiger partial charge in [-0.05, 0) is 30.3 Å². The van der Waals surface area contributed by atoms with Gasteiger partial charge in [-0.3, -0.25) is 9.59 Å². The highest BCUT2D eigenvalue weighted by Crippen LogP contribution is 2.19. The normalized spacial score (nSPS) is 14.8. The van der Waals surface area contributed by atoms with Gasteiger partial charge in [0.15, 0.2) is 0 Å². The molecule has 0 saturated carbocycles. The number of benzene rings is 1. The fourth-order valence-corrected chi connectivity index (χ4v) is 2.23. The first-order valence-electron chi connectivity index (χ1n) is 6.64. The van der Waals surface area contributed by atoms with Crippen molar-refractivity contribution in [2.45, 2.75) is 6.92 Å². The van der Waals surface area contributed by atoms with Crippen molar-refractivity contribution in [3.63, 3.8) is 0 Å². The molecule has 2 rings (SSSR count). The van der Waals surface area contributed by atoms with Gasteiger partial charge in [-0.25, -0.2) is 0 Å². The highest BCUT2D eigenvalue weighted by Gasteiger charge is 2.18. The molecule has 5 nitrogen and oxygen atoms in total. The van der Waals surface area contributed by atoms with Gasteiger partial charge in [-0.2, -0.15) is 0 Å². The number of carbonyl (C=O) groups excluding carboxylic acids is 2. The number of nitrogens with zero attached hydrogens (tertiary/aromatic N) is 2. The van der Waals surface area contributed by atoms with E-state index in [0.29, 0.717) is 0 Å². The number of nitrogens with one attached hydrogen (secondary N) is 1. The van der Waals surface area contributed by atoms with E-state index in [4.69, 9.17) is 0 Å². The molecule has 0 spiro atoms. The van der Waals surface area contributed by atoms with Crippen LogP contribution in [0.3, 0.4) is 0 Å². The van der Waals surface area contributed by atoms with Gasteiger partial charge in [0.25, 0.3) is 0 Å². The zero-order valence-electron chi connectivity index (χ0n) is 11.6. The maximum atomic E-state index is 11.3. The van der Waals surface area contributed by atoms with Crippen molar-refractivity contribution in [2.24, 2.45) is 0 Å². The average Bonchev–Trinajstić information content (AvgIpc) is 2.48. The molecule has 1 saturated heterocycles. The number of anilines is 2. The maximum Gasteiger partial charge on any atom is 0.247 e. The van der Waals surface area contributed by atoms with Gasteiger partial charge >= 0.3 is 0 Å². The van der Waals surface area contributed by atoms with Crippen molar-refractivity contribution in [3.8, 4) is 0 Å². The van der Waals surface area contributed by atoms with Crippen LogP contribution in [0.5, 0.6) is 0 Å². The van der Waals surface area contributed by atoms with Gasteiger partial charge < -0.3 is 15.1 Å². The third-order valence-corrected chi connectivity index (χ3v) is 3.41. The molecule has 0 aliphatic carbocycles. The Morgan fingerprint density at radius 2 is 1.75 bits per heavy atom. The lowest BCUT2D eigenvalue weighted by atomic mass is 10.2. The number of carbonyl (C=O) groups is 2. The Kier molecular flexibility index (Phi) is 4.40. The minimum atomic E-state index is -0.215. The van der Waals surface area contributed by atoms with Crippen molar-refractivity contribution in [1.29, 1.82) is 0 Å². The molecule has 1 aliphatic heterocycles. The van der Waals surface area contributed by atoms with E-state index < -0.39 is 0 Å². The van der Waals surface area contributed by atoms with Gasteiger partial charge in [-0.15, -0.1) is 0 Å². The SMILES string of the molecule is C=CC(=O)Nc1ccc(N2CCN(C(C)=O)CC2)cc1. The summed E-state index contributed by atoms with van der Waals surface area (Å²) < 4.78 is 0. The molecule has 0 aromatic heterocycles. The first kappa shape index (κ1) is 14.1. The molecule has 0 radical (unpaired) electrons. The van der Waals surface area contributed by atoms with Crippen LogP contribution in [-0.4, -0.2) is 42.9 Å². The quantitative estimate of drug-likeness (QED) is 0.849. The Hall–Kier alpha value is -2.30. The van der Waals surface area contributed by atoms with Gasteiger partial charge in [0.05, 0.1) is 0 Å². The van der Waals surface area contributed by atoms with E-state index in [2.05, 4.69) is 16.8 Å². The summed E-state index contributed by atoms with van der Waals surface area (Å²) in [5.41, 5.74) is 1.85. The number of piperazine rings is 1. The molecular formula is C15H19N3O2. The Labute approximate surface area is 118 Å². The second kappa shape index (κ2) is 6.23. The minimum Gasteiger partial charge on any atom is -0.368 e. The third kappa shape index (κ3) is 3.38. The van der Waals surface area contributed by atoms with E-state index in [1.54, 1.807) is 6.92 Å². The van der Waals surface area contributed by atoms with E-state index in [-0.39, 0.29) is 11.8 Å². The Balaban J connectivity index is 1.95. The molecule has 1 heterocycles. The van der Waals surface area contributed by atoms with Crippen molar-refractivity contribution in [1.82, 2.24) is 4.90 Å². The minimum absolute atomic E-state index is 0.132. The second-order valence-electron chi connectivity index (χ2n) is 4.73. The zero-order chi connectivity index (χ0) is 14.5. The lowest BCUT2D eigenvalue weighted by Crippen LogP contribution is -2.48. The van der Waals surface area contributed by atoms with E-state index in [1.165, 1.54) is 6.08 Å². The number of hydrogen-bond acceptors (Lipinski definition) is 3. The summed E-state index contributed by atoms with van der Waals surface area (Å²) in [6.45, 7) is 8.19. The first-order chi connectivity index (χ1) is 9.60. The molecule has 2 amide bonds. The van der Waals surface area contributed by atoms with Crippen LogP contribution in [-0.2, 0) is 9.59 Å². The molecule has 20 heavy (non-hydrogen) atoms. The largest absolute Gasteiger partial charge is 0.368 e. The van der Waals surface area contributed by atoms with Crippen molar-refractivity contribution in [2.75, 3.05) is 36.4 Å². The summed E-state index contributed by atoms with van der Waals surface area (Å²) in [6.07, 6.45) is 1.24. The summed E-state index contributed by atoms with van der Waals surface area (Å²) >= 11 is 0. The number of hydrogen-bond donors (Lipinski definition) is 1. The molecular weight excluding hydrogens is 254 g/mol. The summed E-state index contributed by atoms with van der Waals surface area (Å²) in [5, 5.41) is 2.72. The Morgan fingerprint density at radius 3 is 2.25 bits per heavy atom. The summed E-state index contributed by atoms with van der Waals surface area (Å²) in [5.74, 6) is -0.0834. The van der Waals surface area contributed by atoms with Crippen molar-refractivity contribution in [3.05, 3.63) is 36.9 Å². The number of rotatable bonds is 3. The van der Waals surface area contributed by atoms with Gasteiger partial charge in [0.1, 0.15) is 0 Å². The third-order valence-electron chi connectivity index (χ3n) is 3.41. The monoisotopic (exact) mass is 273 g/mol. The van der Waals surface area contributed by atoms with Crippen LogP contribution in [0.2, 0.25) is 0 Å². The molecule has 0 atom stereocenters.